The van der Waals surface area contributed by atoms with E-state index in [1.165, 1.54) is 35.2 Å². The van der Waals surface area contributed by atoms with Gasteiger partial charge in [0.05, 0.1) is 64.8 Å². The third-order valence-corrected chi connectivity index (χ3v) is 8.84. The number of halogens is 4. The van der Waals surface area contributed by atoms with Gasteiger partial charge in [0.15, 0.2) is 5.69 Å². The predicted molar refractivity (Wildman–Crippen MR) is 180 cm³/mol. The predicted octanol–water partition coefficient (Wildman–Crippen LogP) is 6.63. The van der Waals surface area contributed by atoms with Crippen LogP contribution in [0.3, 0.4) is 0 Å². The zero-order chi connectivity index (χ0) is 35.9. The largest absolute Gasteiger partial charge is 0.436 e. The highest BCUT2D eigenvalue weighted by Gasteiger charge is 2.35. The molecule has 0 radical (unpaired) electrons. The van der Waals surface area contributed by atoms with E-state index in [1.807, 2.05) is 13.0 Å². The van der Waals surface area contributed by atoms with Crippen LogP contribution in [0.2, 0.25) is 5.02 Å². The van der Waals surface area contributed by atoms with Crippen LogP contribution in [0.1, 0.15) is 49.2 Å². The van der Waals surface area contributed by atoms with Crippen molar-refractivity contribution in [3.05, 3.63) is 118 Å². The van der Waals surface area contributed by atoms with E-state index in [4.69, 9.17) is 16.7 Å². The molecule has 7 rings (SSSR count). The summed E-state index contributed by atoms with van der Waals surface area (Å²) in [5.41, 5.74) is 2.21. The van der Waals surface area contributed by atoms with Gasteiger partial charge in [-0.2, -0.15) is 23.5 Å². The third-order valence-electron chi connectivity index (χ3n) is 8.61. The Morgan fingerprint density at radius 1 is 1.00 bits per heavy atom. The van der Waals surface area contributed by atoms with E-state index in [0.717, 1.165) is 10.9 Å². The Morgan fingerprint density at radius 2 is 1.84 bits per heavy atom. The van der Waals surface area contributed by atoms with Gasteiger partial charge in [-0.25, -0.2) is 14.3 Å². The second kappa shape index (κ2) is 13.3. The van der Waals surface area contributed by atoms with Gasteiger partial charge < -0.3 is 5.32 Å². The van der Waals surface area contributed by atoms with Crippen LogP contribution >= 0.6 is 11.6 Å². The van der Waals surface area contributed by atoms with Crippen molar-refractivity contribution in [2.24, 2.45) is 5.92 Å². The number of nitrogens with zero attached hydrogens (tertiary/aromatic N) is 9. The van der Waals surface area contributed by atoms with Crippen LogP contribution in [0, 0.1) is 17.2 Å². The maximum Gasteiger partial charge on any atom is 0.436 e. The minimum Gasteiger partial charge on any atom is -0.323 e. The Balaban J connectivity index is 1.29. The smallest absolute Gasteiger partial charge is 0.323 e. The molecule has 256 valence electrons. The normalized spacial score (nSPS) is 16.4. The molecule has 2 aromatic carbocycles. The molecule has 1 aliphatic heterocycles. The van der Waals surface area contributed by atoms with E-state index in [2.05, 4.69) is 31.7 Å². The summed E-state index contributed by atoms with van der Waals surface area (Å²) in [5.74, 6) is -0.564. The average molecular weight is 711 g/mol. The molecular formula is C35H26ClF3N10O2. The van der Waals surface area contributed by atoms with Crippen LogP contribution < -0.4 is 10.9 Å². The minimum atomic E-state index is -4.70. The number of carbonyl (C=O) groups excluding carboxylic acids is 1. The van der Waals surface area contributed by atoms with Crippen LogP contribution in [-0.4, -0.2) is 45.2 Å². The molecule has 2 bridgehead atoms. The molecule has 0 saturated heterocycles. The van der Waals surface area contributed by atoms with Crippen LogP contribution in [0.25, 0.3) is 33.9 Å². The van der Waals surface area contributed by atoms with Gasteiger partial charge >= 0.3 is 6.18 Å². The number of hydrogen-bond acceptors (Lipinski definition) is 8. The van der Waals surface area contributed by atoms with E-state index in [9.17, 15) is 28.0 Å². The summed E-state index contributed by atoms with van der Waals surface area (Å²) in [4.78, 5) is 36.3. The third kappa shape index (κ3) is 6.73. The first kappa shape index (κ1) is 33.4. The van der Waals surface area contributed by atoms with Crippen LogP contribution in [0.15, 0.2) is 90.4 Å². The molecule has 0 spiro atoms. The summed E-state index contributed by atoms with van der Waals surface area (Å²) >= 11 is 6.27. The quantitative estimate of drug-likeness (QED) is 0.214. The monoisotopic (exact) mass is 710 g/mol. The van der Waals surface area contributed by atoms with Gasteiger partial charge in [-0.1, -0.05) is 36.2 Å². The van der Waals surface area contributed by atoms with Crippen molar-refractivity contribution in [2.45, 2.75) is 38.4 Å². The van der Waals surface area contributed by atoms with Gasteiger partial charge in [-0.05, 0) is 61.4 Å². The van der Waals surface area contributed by atoms with Crippen molar-refractivity contribution < 1.29 is 18.0 Å². The fourth-order valence-electron chi connectivity index (χ4n) is 5.96. The molecule has 6 aromatic rings. The molecule has 51 heavy (non-hydrogen) atoms. The Morgan fingerprint density at radius 3 is 2.61 bits per heavy atom. The van der Waals surface area contributed by atoms with Crippen LogP contribution in [-0.2, 0) is 11.0 Å². The number of rotatable bonds is 4. The molecule has 0 saturated carbocycles. The number of alkyl halides is 3. The second-order valence-electron chi connectivity index (χ2n) is 12.0. The highest BCUT2D eigenvalue weighted by molar-refractivity contribution is 6.31. The Hall–Kier alpha value is -6.14. The summed E-state index contributed by atoms with van der Waals surface area (Å²) in [7, 11) is 0. The topological polar surface area (TPSA) is 149 Å². The number of nitrogens with one attached hydrogen (secondary N) is 1. The summed E-state index contributed by atoms with van der Waals surface area (Å²) in [6.07, 6.45) is 2.24. The number of pyridine rings is 1. The molecule has 1 aliphatic rings. The summed E-state index contributed by atoms with van der Waals surface area (Å²) in [6.45, 7) is 1.83. The molecule has 0 fully saturated rings. The molecule has 0 aliphatic carbocycles. The maximum atomic E-state index is 13.9. The highest BCUT2D eigenvalue weighted by Crippen LogP contribution is 2.34. The molecule has 5 heterocycles. The van der Waals surface area contributed by atoms with Gasteiger partial charge in [0.1, 0.15) is 5.69 Å². The average Bonchev–Trinajstić information content (AvgIpc) is 3.79. The Kier molecular flexibility index (Phi) is 8.69. The van der Waals surface area contributed by atoms with Gasteiger partial charge in [0, 0.05) is 34.3 Å². The zero-order valence-electron chi connectivity index (χ0n) is 26.7. The molecule has 1 unspecified atom stereocenters. The van der Waals surface area contributed by atoms with Crippen molar-refractivity contribution in [1.29, 1.82) is 5.26 Å². The maximum absolute atomic E-state index is 13.9. The van der Waals surface area contributed by atoms with E-state index in [-0.39, 0.29) is 33.8 Å². The molecule has 16 heteroatoms. The molecule has 1 N–H and O–H groups in total. The summed E-state index contributed by atoms with van der Waals surface area (Å²) in [6, 6.07) is 17.7. The van der Waals surface area contributed by atoms with Gasteiger partial charge in [0.2, 0.25) is 5.91 Å². The number of fused-ring (bicyclic) bond motifs is 4. The van der Waals surface area contributed by atoms with Crippen LogP contribution in [0.4, 0.5) is 18.9 Å². The minimum absolute atomic E-state index is 0.161. The van der Waals surface area contributed by atoms with Crippen molar-refractivity contribution in [3.63, 3.8) is 0 Å². The number of nitriles is 1. The molecule has 2 atom stereocenters. The number of anilines is 1. The number of hydrogen-bond donors (Lipinski definition) is 1. The fraction of sp³-hybridized carbons (Fsp3) is 0.200. The zero-order valence-corrected chi connectivity index (χ0v) is 27.5. The molecule has 12 nitrogen and oxygen atoms in total. The van der Waals surface area contributed by atoms with Crippen LogP contribution in [0.5, 0.6) is 0 Å². The lowest BCUT2D eigenvalue weighted by molar-refractivity contribution is -0.141. The molecule has 4 aromatic heterocycles. The molecular weight excluding hydrogens is 685 g/mol. The summed E-state index contributed by atoms with van der Waals surface area (Å²) in [5, 5.41) is 24.3. The molecule has 1 amide bonds. The van der Waals surface area contributed by atoms with Gasteiger partial charge in [-0.3, -0.25) is 19.1 Å². The fourth-order valence-corrected chi connectivity index (χ4v) is 6.13. The lowest BCUT2D eigenvalue weighted by Crippen LogP contribution is -2.27. The van der Waals surface area contributed by atoms with Crippen molar-refractivity contribution in [3.8, 4) is 40.0 Å². The first-order chi connectivity index (χ1) is 24.5. The Labute approximate surface area is 292 Å². The van der Waals surface area contributed by atoms with Crippen molar-refractivity contribution in [1.82, 2.24) is 39.3 Å². The Bertz CT molecular complexity index is 2390. The lowest BCUT2D eigenvalue weighted by atomic mass is 9.97. The van der Waals surface area contributed by atoms with Crippen molar-refractivity contribution in [2.75, 3.05) is 5.32 Å². The van der Waals surface area contributed by atoms with Gasteiger partial charge in [-0.15, -0.1) is 5.10 Å². The number of carbonyl (C=O) groups is 1. The van der Waals surface area contributed by atoms with Crippen molar-refractivity contribution >= 4 is 23.2 Å². The SMILES string of the molecule is C[C@@H]1CCCC(n2cnc(-c3cc(Cl)ccc3-n3cc(C(F)(F)F)nn3)cc2=O)c2cc(ccn2)-c2nn(-c3cccc(C#N)c3)cc2NC1=O. The van der Waals surface area contributed by atoms with E-state index in [0.29, 0.717) is 53.2 Å². The van der Waals surface area contributed by atoms with E-state index in [1.54, 1.807) is 47.4 Å². The second-order valence-corrected chi connectivity index (χ2v) is 12.5. The number of benzene rings is 2. The standard InChI is InChI=1S/C35H26ClF3N10O2/c1-20-4-2-7-30(27-13-22(10-11-41-27)33-28(43-34(20)51)17-48(45-33)24-6-3-5-21(12-24)16-40)47-19-42-26(15-32(47)50)25-14-23(36)8-9-29(25)49-18-31(44-46-49)35(37,38)39/h3,5-6,8-15,17-20,30H,2,4,7H2,1H3,(H,43,51)/t20-,30?/m1/s1. The van der Waals surface area contributed by atoms with E-state index >= 15 is 0 Å². The first-order valence-electron chi connectivity index (χ1n) is 15.7. The summed E-state index contributed by atoms with van der Waals surface area (Å²) < 4.78 is 43.8. The van der Waals surface area contributed by atoms with E-state index < -0.39 is 23.5 Å². The van der Waals surface area contributed by atoms with Gasteiger partial charge in [0.25, 0.3) is 5.56 Å². The number of aromatic nitrogens is 8. The first-order valence-corrected chi connectivity index (χ1v) is 16.1. The lowest BCUT2D eigenvalue weighted by Gasteiger charge is -2.22. The number of amides is 1. The highest BCUT2D eigenvalue weighted by atomic mass is 35.5.